The fourth-order valence-corrected chi connectivity index (χ4v) is 2.62. The summed E-state index contributed by atoms with van der Waals surface area (Å²) in [4.78, 5) is 19.7. The third kappa shape index (κ3) is 5.85. The van der Waals surface area contributed by atoms with Crippen molar-refractivity contribution in [1.82, 2.24) is 9.55 Å². The quantitative estimate of drug-likeness (QED) is 0.428. The molecule has 7 nitrogen and oxygen atoms in total. The van der Waals surface area contributed by atoms with Crippen molar-refractivity contribution in [3.05, 3.63) is 18.7 Å². The lowest BCUT2D eigenvalue weighted by molar-refractivity contribution is -0.142. The Balaban J connectivity index is 1.82. The van der Waals surface area contributed by atoms with Gasteiger partial charge in [-0.05, 0) is 12.8 Å². The van der Waals surface area contributed by atoms with Crippen LogP contribution in [0.3, 0.4) is 0 Å². The summed E-state index contributed by atoms with van der Waals surface area (Å²) in [6.45, 7) is 0.852. The van der Waals surface area contributed by atoms with Crippen LogP contribution in [0, 0.1) is 5.92 Å². The number of carbonyl (C=O) groups is 1. The summed E-state index contributed by atoms with van der Waals surface area (Å²) in [5.41, 5.74) is 1.02. The number of carboxylic acid groups (broad SMARTS) is 1. The van der Waals surface area contributed by atoms with Gasteiger partial charge in [0.1, 0.15) is 13.2 Å². The highest BCUT2D eigenvalue weighted by Gasteiger charge is 2.20. The molecule has 1 aliphatic carbocycles. The second-order valence-corrected chi connectivity index (χ2v) is 5.43. The van der Waals surface area contributed by atoms with E-state index in [1.54, 1.807) is 12.5 Å². The predicted molar refractivity (Wildman–Crippen MR) is 80.6 cm³/mol. The van der Waals surface area contributed by atoms with Gasteiger partial charge in [0.25, 0.3) is 0 Å². The van der Waals surface area contributed by atoms with Gasteiger partial charge in [-0.25, -0.2) is 9.78 Å². The first-order valence-electron chi connectivity index (χ1n) is 7.69. The molecule has 7 heteroatoms. The van der Waals surface area contributed by atoms with Gasteiger partial charge >= 0.3 is 5.97 Å². The van der Waals surface area contributed by atoms with Crippen LogP contribution in [0.25, 0.3) is 0 Å². The van der Waals surface area contributed by atoms with E-state index >= 15 is 0 Å². The number of ether oxygens (including phenoxy) is 1. The van der Waals surface area contributed by atoms with Crippen LogP contribution in [0.2, 0.25) is 0 Å². The Hall–Kier alpha value is -1.89. The van der Waals surface area contributed by atoms with Crippen molar-refractivity contribution in [3.8, 4) is 0 Å². The van der Waals surface area contributed by atoms with E-state index in [2.05, 4.69) is 10.1 Å². The molecular weight excluding hydrogens is 286 g/mol. The molecule has 0 saturated heterocycles. The number of oxime groups is 1. The lowest BCUT2D eigenvalue weighted by Gasteiger charge is -2.23. The van der Waals surface area contributed by atoms with Crippen LogP contribution >= 0.6 is 0 Å². The Morgan fingerprint density at radius 2 is 2.14 bits per heavy atom. The highest BCUT2D eigenvalue weighted by molar-refractivity contribution is 5.86. The van der Waals surface area contributed by atoms with E-state index < -0.39 is 5.97 Å². The van der Waals surface area contributed by atoms with Crippen LogP contribution in [-0.4, -0.2) is 46.2 Å². The third-order valence-electron chi connectivity index (χ3n) is 3.71. The van der Waals surface area contributed by atoms with Crippen molar-refractivity contribution in [3.63, 3.8) is 0 Å². The molecule has 0 amide bonds. The fraction of sp³-hybridized carbons (Fsp3) is 0.667. The van der Waals surface area contributed by atoms with Gasteiger partial charge < -0.3 is 19.2 Å². The summed E-state index contributed by atoms with van der Waals surface area (Å²) < 4.78 is 6.90. The molecular formula is C15H23N3O4. The topological polar surface area (TPSA) is 85.9 Å². The first-order chi connectivity index (χ1) is 10.8. The van der Waals surface area contributed by atoms with Gasteiger partial charge in [-0.3, -0.25) is 0 Å². The van der Waals surface area contributed by atoms with Crippen LogP contribution in [0.4, 0.5) is 0 Å². The van der Waals surface area contributed by atoms with Gasteiger partial charge in [0.15, 0.2) is 0 Å². The average molecular weight is 309 g/mol. The molecule has 0 bridgehead atoms. The van der Waals surface area contributed by atoms with Crippen LogP contribution in [-0.2, 0) is 20.9 Å². The van der Waals surface area contributed by atoms with E-state index in [4.69, 9.17) is 14.7 Å². The number of rotatable bonds is 9. The van der Waals surface area contributed by atoms with E-state index in [0.717, 1.165) is 18.6 Å². The zero-order chi connectivity index (χ0) is 15.6. The van der Waals surface area contributed by atoms with Crippen molar-refractivity contribution in [2.45, 2.75) is 38.6 Å². The zero-order valence-corrected chi connectivity index (χ0v) is 12.7. The van der Waals surface area contributed by atoms with Gasteiger partial charge in [0.05, 0.1) is 25.2 Å². The number of aromatic nitrogens is 2. The Morgan fingerprint density at radius 1 is 1.32 bits per heavy atom. The van der Waals surface area contributed by atoms with E-state index in [1.807, 2.05) is 10.8 Å². The van der Waals surface area contributed by atoms with E-state index in [9.17, 15) is 4.79 Å². The minimum Gasteiger partial charge on any atom is -0.480 e. The molecule has 1 fully saturated rings. The summed E-state index contributed by atoms with van der Waals surface area (Å²) >= 11 is 0. The van der Waals surface area contributed by atoms with Crippen molar-refractivity contribution >= 4 is 11.7 Å². The summed E-state index contributed by atoms with van der Waals surface area (Å²) in [7, 11) is 0. The minimum atomic E-state index is -0.980. The first kappa shape index (κ1) is 16.5. The monoisotopic (exact) mass is 309 g/mol. The molecule has 0 atom stereocenters. The molecule has 122 valence electrons. The molecule has 0 radical (unpaired) electrons. The molecule has 1 aliphatic rings. The standard InChI is InChI=1S/C15H23N3O4/c19-15(20)11-21-8-9-22-17-14(10-18-7-6-16-12-18)13-4-2-1-3-5-13/h6-7,12-13H,1-5,8-11H2,(H,19,20). The van der Waals surface area contributed by atoms with Crippen LogP contribution in [0.15, 0.2) is 23.9 Å². The van der Waals surface area contributed by atoms with Gasteiger partial charge in [0.2, 0.25) is 0 Å². The van der Waals surface area contributed by atoms with E-state index in [0.29, 0.717) is 12.5 Å². The Bertz CT molecular complexity index is 467. The molecule has 1 saturated carbocycles. The zero-order valence-electron chi connectivity index (χ0n) is 12.7. The molecule has 0 aliphatic heterocycles. The molecule has 0 spiro atoms. The second-order valence-electron chi connectivity index (χ2n) is 5.43. The maximum Gasteiger partial charge on any atom is 0.329 e. The lowest BCUT2D eigenvalue weighted by Crippen LogP contribution is -2.23. The largest absolute Gasteiger partial charge is 0.480 e. The number of aliphatic carboxylic acids is 1. The smallest absolute Gasteiger partial charge is 0.329 e. The summed E-state index contributed by atoms with van der Waals surface area (Å²) in [5, 5.41) is 12.7. The average Bonchev–Trinajstić information content (AvgIpc) is 3.03. The number of hydrogen-bond donors (Lipinski definition) is 1. The molecule has 1 aromatic heterocycles. The third-order valence-corrected chi connectivity index (χ3v) is 3.71. The van der Waals surface area contributed by atoms with Crippen molar-refractivity contribution in [2.24, 2.45) is 11.1 Å². The van der Waals surface area contributed by atoms with Crippen LogP contribution in [0.1, 0.15) is 32.1 Å². The Morgan fingerprint density at radius 3 is 2.82 bits per heavy atom. The maximum atomic E-state index is 10.3. The molecule has 1 aromatic rings. The number of nitrogens with zero attached hydrogens (tertiary/aromatic N) is 3. The van der Waals surface area contributed by atoms with Crippen molar-refractivity contribution in [2.75, 3.05) is 19.8 Å². The first-order valence-corrected chi connectivity index (χ1v) is 7.69. The van der Waals surface area contributed by atoms with Crippen LogP contribution in [0.5, 0.6) is 0 Å². The van der Waals surface area contributed by atoms with E-state index in [-0.39, 0.29) is 19.8 Å². The maximum absolute atomic E-state index is 10.3. The molecule has 22 heavy (non-hydrogen) atoms. The molecule has 2 rings (SSSR count). The normalized spacial score (nSPS) is 16.6. The lowest BCUT2D eigenvalue weighted by atomic mass is 9.86. The highest BCUT2D eigenvalue weighted by Crippen LogP contribution is 2.25. The van der Waals surface area contributed by atoms with Crippen molar-refractivity contribution in [1.29, 1.82) is 0 Å². The minimum absolute atomic E-state index is 0.221. The van der Waals surface area contributed by atoms with E-state index in [1.165, 1.54) is 19.3 Å². The van der Waals surface area contributed by atoms with Gasteiger partial charge in [-0.1, -0.05) is 24.4 Å². The number of imidazole rings is 1. The highest BCUT2D eigenvalue weighted by atomic mass is 16.6. The predicted octanol–water partition coefficient (Wildman–Crippen LogP) is 1.94. The fourth-order valence-electron chi connectivity index (χ4n) is 2.62. The molecule has 0 unspecified atom stereocenters. The number of carboxylic acids is 1. The molecule has 0 aromatic carbocycles. The molecule has 1 heterocycles. The van der Waals surface area contributed by atoms with Gasteiger partial charge in [-0.15, -0.1) is 0 Å². The van der Waals surface area contributed by atoms with Gasteiger partial charge in [-0.2, -0.15) is 0 Å². The second kappa shape index (κ2) is 9.19. The SMILES string of the molecule is O=C(O)COCCON=C(Cn1ccnc1)C1CCCCC1. The summed E-state index contributed by atoms with van der Waals surface area (Å²) in [5.74, 6) is -0.525. The van der Waals surface area contributed by atoms with Gasteiger partial charge in [0, 0.05) is 18.3 Å². The Labute approximate surface area is 129 Å². The van der Waals surface area contributed by atoms with Crippen molar-refractivity contribution < 1.29 is 19.5 Å². The number of hydrogen-bond acceptors (Lipinski definition) is 5. The molecule has 1 N–H and O–H groups in total. The summed E-state index contributed by atoms with van der Waals surface area (Å²) in [6, 6.07) is 0. The van der Waals surface area contributed by atoms with Crippen LogP contribution < -0.4 is 0 Å². The Kier molecular flexibility index (Phi) is 6.89. The summed E-state index contributed by atoms with van der Waals surface area (Å²) in [6.07, 6.45) is 11.5.